The molecule has 0 saturated heterocycles. The third kappa shape index (κ3) is 1.79. The fraction of sp³-hybridized carbons (Fsp3) is 0.300. The minimum Gasteiger partial charge on any atom is -0.454 e. The van der Waals surface area contributed by atoms with E-state index in [9.17, 15) is 4.79 Å². The lowest BCUT2D eigenvalue weighted by Crippen LogP contribution is -1.99. The van der Waals surface area contributed by atoms with Crippen LogP contribution < -0.4 is 15.2 Å². The van der Waals surface area contributed by atoms with E-state index >= 15 is 0 Å². The van der Waals surface area contributed by atoms with Crippen LogP contribution in [0.15, 0.2) is 18.2 Å². The SMILES string of the molecule is [NH]C(=O)CCc1ccc2c(c1)OCO2. The van der Waals surface area contributed by atoms with Crippen LogP contribution in [-0.2, 0) is 11.2 Å². The van der Waals surface area contributed by atoms with Crippen LogP contribution in [0.1, 0.15) is 12.0 Å². The number of fused-ring (bicyclic) bond motifs is 1. The highest BCUT2D eigenvalue weighted by atomic mass is 16.7. The zero-order chi connectivity index (χ0) is 9.97. The predicted octanol–water partition coefficient (Wildman–Crippen LogP) is 1.16. The molecule has 14 heavy (non-hydrogen) atoms. The second-order valence-corrected chi connectivity index (χ2v) is 3.11. The van der Waals surface area contributed by atoms with Crippen molar-refractivity contribution in [2.45, 2.75) is 12.8 Å². The lowest BCUT2D eigenvalue weighted by molar-refractivity contribution is -0.118. The van der Waals surface area contributed by atoms with E-state index in [0.29, 0.717) is 6.42 Å². The number of rotatable bonds is 3. The molecule has 0 unspecified atom stereocenters. The van der Waals surface area contributed by atoms with Gasteiger partial charge in [-0.3, -0.25) is 10.5 Å². The lowest BCUT2D eigenvalue weighted by atomic mass is 10.1. The van der Waals surface area contributed by atoms with E-state index in [4.69, 9.17) is 15.2 Å². The van der Waals surface area contributed by atoms with E-state index in [1.54, 1.807) is 0 Å². The summed E-state index contributed by atoms with van der Waals surface area (Å²) in [6.45, 7) is 0.260. The molecule has 0 aromatic heterocycles. The van der Waals surface area contributed by atoms with Gasteiger partial charge >= 0.3 is 0 Å². The number of carbonyl (C=O) groups excluding carboxylic acids is 1. The Morgan fingerprint density at radius 2 is 2.14 bits per heavy atom. The minimum atomic E-state index is -0.539. The minimum absolute atomic E-state index is 0.250. The first-order valence-corrected chi connectivity index (χ1v) is 4.38. The summed E-state index contributed by atoms with van der Waals surface area (Å²) in [5.74, 6) is 0.925. The van der Waals surface area contributed by atoms with Crippen LogP contribution in [0.4, 0.5) is 0 Å². The average molecular weight is 192 g/mol. The van der Waals surface area contributed by atoms with Crippen LogP contribution in [-0.4, -0.2) is 12.7 Å². The molecule has 1 aliphatic heterocycles. The van der Waals surface area contributed by atoms with Crippen molar-refractivity contribution in [1.29, 1.82) is 0 Å². The van der Waals surface area contributed by atoms with Gasteiger partial charge in [0.15, 0.2) is 11.5 Å². The molecule has 4 heteroatoms. The molecule has 4 nitrogen and oxygen atoms in total. The maximum atomic E-state index is 10.5. The van der Waals surface area contributed by atoms with E-state index in [2.05, 4.69) is 0 Å². The van der Waals surface area contributed by atoms with E-state index in [1.807, 2.05) is 18.2 Å². The summed E-state index contributed by atoms with van der Waals surface area (Å²) in [4.78, 5) is 10.5. The summed E-state index contributed by atoms with van der Waals surface area (Å²) in [6.07, 6.45) is 0.832. The Balaban J connectivity index is 2.09. The van der Waals surface area contributed by atoms with Gasteiger partial charge in [0.1, 0.15) is 0 Å². The summed E-state index contributed by atoms with van der Waals surface area (Å²) in [5.41, 5.74) is 7.78. The summed E-state index contributed by atoms with van der Waals surface area (Å²) < 4.78 is 10.3. The highest BCUT2D eigenvalue weighted by molar-refractivity contribution is 5.73. The van der Waals surface area contributed by atoms with Crippen LogP contribution in [0, 0.1) is 0 Å². The maximum Gasteiger partial charge on any atom is 0.238 e. The Bertz CT molecular complexity index is 362. The molecule has 2 rings (SSSR count). The van der Waals surface area contributed by atoms with Gasteiger partial charge in [-0.05, 0) is 24.1 Å². The number of hydrogen-bond donors (Lipinski definition) is 0. The van der Waals surface area contributed by atoms with Crippen LogP contribution in [0.25, 0.3) is 0 Å². The fourth-order valence-corrected chi connectivity index (χ4v) is 1.35. The third-order valence-electron chi connectivity index (χ3n) is 2.08. The monoisotopic (exact) mass is 192 g/mol. The maximum absolute atomic E-state index is 10.5. The molecule has 73 valence electrons. The van der Waals surface area contributed by atoms with Gasteiger partial charge in [0.25, 0.3) is 0 Å². The molecular formula is C10H10NO3. The van der Waals surface area contributed by atoms with Crippen molar-refractivity contribution in [3.8, 4) is 11.5 Å². The molecule has 1 amide bonds. The molecule has 1 aliphatic rings. The number of amides is 1. The first-order valence-electron chi connectivity index (χ1n) is 4.38. The molecule has 1 N–H and O–H groups in total. The van der Waals surface area contributed by atoms with Crippen molar-refractivity contribution in [2.24, 2.45) is 0 Å². The fourth-order valence-electron chi connectivity index (χ4n) is 1.35. The first kappa shape index (κ1) is 8.87. The van der Waals surface area contributed by atoms with Crippen molar-refractivity contribution in [3.05, 3.63) is 23.8 Å². The molecule has 0 spiro atoms. The van der Waals surface area contributed by atoms with Gasteiger partial charge in [-0.1, -0.05) is 6.07 Å². The number of nitrogens with one attached hydrogen (secondary N) is 1. The molecule has 0 atom stereocenters. The smallest absolute Gasteiger partial charge is 0.238 e. The molecule has 0 saturated carbocycles. The van der Waals surface area contributed by atoms with Crippen LogP contribution in [0.3, 0.4) is 0 Å². The lowest BCUT2D eigenvalue weighted by Gasteiger charge is -2.00. The number of carbonyl (C=O) groups is 1. The van der Waals surface area contributed by atoms with Gasteiger partial charge in [-0.15, -0.1) is 0 Å². The number of ether oxygens (including phenoxy) is 2. The topological polar surface area (TPSA) is 59.3 Å². The molecule has 0 bridgehead atoms. The van der Waals surface area contributed by atoms with Gasteiger partial charge in [-0.25, -0.2) is 0 Å². The second-order valence-electron chi connectivity index (χ2n) is 3.11. The Kier molecular flexibility index (Phi) is 2.26. The van der Waals surface area contributed by atoms with Crippen molar-refractivity contribution in [1.82, 2.24) is 5.73 Å². The van der Waals surface area contributed by atoms with Crippen molar-refractivity contribution in [3.63, 3.8) is 0 Å². The van der Waals surface area contributed by atoms with Gasteiger partial charge in [-0.2, -0.15) is 0 Å². The van der Waals surface area contributed by atoms with Gasteiger partial charge in [0.2, 0.25) is 12.7 Å². The Labute approximate surface area is 81.6 Å². The molecule has 0 aliphatic carbocycles. The highest BCUT2D eigenvalue weighted by Crippen LogP contribution is 2.32. The summed E-state index contributed by atoms with van der Waals surface area (Å²) >= 11 is 0. The Morgan fingerprint density at radius 1 is 1.36 bits per heavy atom. The van der Waals surface area contributed by atoms with Crippen LogP contribution in [0.2, 0.25) is 0 Å². The summed E-state index contributed by atoms with van der Waals surface area (Å²) in [5, 5.41) is 0. The summed E-state index contributed by atoms with van der Waals surface area (Å²) in [6, 6.07) is 5.56. The van der Waals surface area contributed by atoms with Crippen LogP contribution in [0.5, 0.6) is 11.5 Å². The Morgan fingerprint density at radius 3 is 2.93 bits per heavy atom. The molecule has 1 aromatic rings. The summed E-state index contributed by atoms with van der Waals surface area (Å²) in [7, 11) is 0. The second kappa shape index (κ2) is 3.57. The van der Waals surface area contributed by atoms with Gasteiger partial charge in [0, 0.05) is 6.42 Å². The van der Waals surface area contributed by atoms with Gasteiger partial charge < -0.3 is 9.47 Å². The number of benzene rings is 1. The van der Waals surface area contributed by atoms with Crippen molar-refractivity contribution < 1.29 is 14.3 Å². The number of aryl methyl sites for hydroxylation is 1. The molecule has 1 heterocycles. The predicted molar refractivity (Wildman–Crippen MR) is 49.0 cm³/mol. The van der Waals surface area contributed by atoms with Gasteiger partial charge in [0.05, 0.1) is 0 Å². The molecule has 1 aromatic carbocycles. The zero-order valence-electron chi connectivity index (χ0n) is 7.58. The van der Waals surface area contributed by atoms with E-state index in [1.165, 1.54) is 0 Å². The van der Waals surface area contributed by atoms with Crippen molar-refractivity contribution >= 4 is 5.91 Å². The highest BCUT2D eigenvalue weighted by Gasteiger charge is 2.13. The Hall–Kier alpha value is -1.71. The van der Waals surface area contributed by atoms with Crippen LogP contribution >= 0.6 is 0 Å². The zero-order valence-corrected chi connectivity index (χ0v) is 7.58. The van der Waals surface area contributed by atoms with Crippen molar-refractivity contribution in [2.75, 3.05) is 6.79 Å². The normalized spacial score (nSPS) is 12.9. The standard InChI is InChI=1S/C10H10NO3/c11-10(12)4-2-7-1-3-8-9(5-7)14-6-13-8/h1,3,5,11H,2,4,6H2. The van der Waals surface area contributed by atoms with E-state index < -0.39 is 5.91 Å². The quantitative estimate of drug-likeness (QED) is 0.721. The van der Waals surface area contributed by atoms with E-state index in [0.717, 1.165) is 17.1 Å². The first-order chi connectivity index (χ1) is 6.75. The third-order valence-corrected chi connectivity index (χ3v) is 2.08. The number of hydrogen-bond acceptors (Lipinski definition) is 3. The largest absolute Gasteiger partial charge is 0.454 e. The molecule has 0 fully saturated rings. The van der Waals surface area contributed by atoms with E-state index in [-0.39, 0.29) is 13.2 Å². The molecule has 1 radical (unpaired) electrons. The average Bonchev–Trinajstić information content (AvgIpc) is 2.61. The molecular weight excluding hydrogens is 182 g/mol.